The summed E-state index contributed by atoms with van der Waals surface area (Å²) in [6, 6.07) is 3.03. The molecule has 1 aromatic carbocycles. The number of alkyl halides is 3. The first-order valence-corrected chi connectivity index (χ1v) is 7.74. The van der Waals surface area contributed by atoms with Crippen LogP contribution >= 0.6 is 0 Å². The molecule has 0 radical (unpaired) electrons. The number of ether oxygens (including phenoxy) is 3. The lowest BCUT2D eigenvalue weighted by atomic mass is 9.81. The largest absolute Gasteiger partial charge is 0.490 e. The third kappa shape index (κ3) is 2.31. The second-order valence-electron chi connectivity index (χ2n) is 6.28. The number of ketones is 1. The first-order chi connectivity index (χ1) is 12.2. The molecule has 0 N–H and O–H groups in total. The summed E-state index contributed by atoms with van der Waals surface area (Å²) in [6.07, 6.45) is -5.22. The normalized spacial score (nSPS) is 23.7. The Morgan fingerprint density at radius 2 is 1.92 bits per heavy atom. The summed E-state index contributed by atoms with van der Waals surface area (Å²) in [6.45, 7) is -0.840. The van der Waals surface area contributed by atoms with E-state index in [2.05, 4.69) is 4.74 Å². The number of carbonyl (C=O) groups is 3. The molecule has 1 amide bonds. The van der Waals surface area contributed by atoms with Gasteiger partial charge in [0.1, 0.15) is 12.1 Å². The summed E-state index contributed by atoms with van der Waals surface area (Å²) in [4.78, 5) is 37.5. The molecular weight excluding hydrogens is 359 g/mol. The molecule has 3 heterocycles. The van der Waals surface area contributed by atoms with Gasteiger partial charge in [0.15, 0.2) is 17.3 Å². The highest BCUT2D eigenvalue weighted by molar-refractivity contribution is 6.09. The fraction of sp³-hybridized carbons (Fsp3) is 0.438. The molecular formula is C16H12F3NO6. The molecule has 0 bridgehead atoms. The number of nitrogens with zero attached hydrogens (tertiary/aromatic N) is 1. The zero-order valence-electron chi connectivity index (χ0n) is 13.2. The average Bonchev–Trinajstić information content (AvgIpc) is 3.16. The number of hydrogen-bond acceptors (Lipinski definition) is 6. The summed E-state index contributed by atoms with van der Waals surface area (Å²) >= 11 is 0. The van der Waals surface area contributed by atoms with Gasteiger partial charge in [-0.15, -0.1) is 0 Å². The maximum Gasteiger partial charge on any atom is 0.490 e. The summed E-state index contributed by atoms with van der Waals surface area (Å²) in [5, 5.41) is 0. The van der Waals surface area contributed by atoms with E-state index in [0.29, 0.717) is 17.1 Å². The summed E-state index contributed by atoms with van der Waals surface area (Å²) in [5.41, 5.74) is -0.894. The van der Waals surface area contributed by atoms with E-state index < -0.39 is 30.1 Å². The van der Waals surface area contributed by atoms with Crippen LogP contribution in [0.1, 0.15) is 28.8 Å². The Morgan fingerprint density at radius 3 is 2.62 bits per heavy atom. The Kier molecular flexibility index (Phi) is 3.44. The van der Waals surface area contributed by atoms with E-state index in [0.717, 1.165) is 0 Å². The predicted molar refractivity (Wildman–Crippen MR) is 76.4 cm³/mol. The summed E-state index contributed by atoms with van der Waals surface area (Å²) in [7, 11) is 0. The molecule has 138 valence electrons. The fourth-order valence-electron chi connectivity index (χ4n) is 3.53. The molecule has 1 saturated heterocycles. The maximum atomic E-state index is 13.1. The van der Waals surface area contributed by atoms with E-state index in [4.69, 9.17) is 9.47 Å². The lowest BCUT2D eigenvalue weighted by Gasteiger charge is -2.41. The average molecular weight is 371 g/mol. The smallest absolute Gasteiger partial charge is 0.456 e. The van der Waals surface area contributed by atoms with E-state index in [-0.39, 0.29) is 37.6 Å². The monoisotopic (exact) mass is 371 g/mol. The second-order valence-corrected chi connectivity index (χ2v) is 6.28. The molecule has 0 aromatic heterocycles. The van der Waals surface area contributed by atoms with Crippen molar-refractivity contribution >= 4 is 17.7 Å². The van der Waals surface area contributed by atoms with Crippen molar-refractivity contribution in [2.24, 2.45) is 0 Å². The number of esters is 1. The SMILES string of the molecule is O=C1CCC2(COC(=O)C(F)(F)F)C(=O)c3cc4c(cc3CN12)OCO4. The van der Waals surface area contributed by atoms with Crippen LogP contribution in [0.25, 0.3) is 0 Å². The van der Waals surface area contributed by atoms with Gasteiger partial charge in [0.05, 0.1) is 0 Å². The van der Waals surface area contributed by atoms with Gasteiger partial charge in [0, 0.05) is 18.5 Å². The van der Waals surface area contributed by atoms with E-state index >= 15 is 0 Å². The van der Waals surface area contributed by atoms with Crippen molar-refractivity contribution in [3.63, 3.8) is 0 Å². The lowest BCUT2D eigenvalue weighted by Crippen LogP contribution is -2.58. The van der Waals surface area contributed by atoms with Crippen LogP contribution in [0.15, 0.2) is 12.1 Å². The standard InChI is InChI=1S/C16H12F3NO6/c17-16(18,19)14(23)24-6-15-2-1-12(21)20(15)5-8-3-10-11(26-7-25-10)4-9(8)13(15)22/h3-4H,1-2,5-7H2. The fourth-order valence-corrected chi connectivity index (χ4v) is 3.53. The molecule has 26 heavy (non-hydrogen) atoms. The van der Waals surface area contributed by atoms with Crippen molar-refractivity contribution in [1.29, 1.82) is 0 Å². The number of halogens is 3. The first kappa shape index (κ1) is 16.7. The number of Topliss-reactive ketones (excluding diaryl/α,β-unsaturated/α-hetero) is 1. The number of carbonyl (C=O) groups excluding carboxylic acids is 3. The first-order valence-electron chi connectivity index (χ1n) is 7.74. The van der Waals surface area contributed by atoms with Crippen LogP contribution in [0.4, 0.5) is 13.2 Å². The van der Waals surface area contributed by atoms with Gasteiger partial charge in [-0.1, -0.05) is 0 Å². The van der Waals surface area contributed by atoms with Crippen molar-refractivity contribution < 1.29 is 41.8 Å². The molecule has 1 fully saturated rings. The molecule has 0 aliphatic carbocycles. The highest BCUT2D eigenvalue weighted by Crippen LogP contribution is 2.44. The molecule has 3 aliphatic heterocycles. The number of amides is 1. The van der Waals surface area contributed by atoms with E-state index in [9.17, 15) is 27.6 Å². The molecule has 3 aliphatic rings. The number of hydrogen-bond donors (Lipinski definition) is 0. The third-order valence-electron chi connectivity index (χ3n) is 4.84. The Labute approximate surface area is 144 Å². The van der Waals surface area contributed by atoms with E-state index in [1.165, 1.54) is 11.0 Å². The van der Waals surface area contributed by atoms with E-state index in [1.54, 1.807) is 6.07 Å². The quantitative estimate of drug-likeness (QED) is 0.735. The molecule has 0 saturated carbocycles. The van der Waals surface area contributed by atoms with Crippen LogP contribution in [0.3, 0.4) is 0 Å². The molecule has 10 heteroatoms. The topological polar surface area (TPSA) is 82.1 Å². The zero-order valence-corrected chi connectivity index (χ0v) is 13.2. The van der Waals surface area contributed by atoms with Gasteiger partial charge >= 0.3 is 12.1 Å². The number of rotatable bonds is 2. The van der Waals surface area contributed by atoms with Crippen molar-refractivity contribution in [1.82, 2.24) is 4.90 Å². The Hall–Kier alpha value is -2.78. The van der Waals surface area contributed by atoms with Gasteiger partial charge in [-0.2, -0.15) is 13.2 Å². The molecule has 1 atom stereocenters. The minimum Gasteiger partial charge on any atom is -0.456 e. The number of fused-ring (bicyclic) bond motifs is 3. The molecule has 4 rings (SSSR count). The van der Waals surface area contributed by atoms with Crippen LogP contribution in [-0.2, 0) is 20.9 Å². The van der Waals surface area contributed by atoms with Gasteiger partial charge in [-0.05, 0) is 24.1 Å². The van der Waals surface area contributed by atoms with Crippen molar-refractivity contribution in [2.75, 3.05) is 13.4 Å². The third-order valence-corrected chi connectivity index (χ3v) is 4.84. The van der Waals surface area contributed by atoms with Crippen LogP contribution in [0, 0.1) is 0 Å². The van der Waals surface area contributed by atoms with Gasteiger partial charge in [0.2, 0.25) is 12.7 Å². The Bertz CT molecular complexity index is 836. The summed E-state index contributed by atoms with van der Waals surface area (Å²) < 4.78 is 52.1. The Balaban J connectivity index is 1.70. The van der Waals surface area contributed by atoms with E-state index in [1.807, 2.05) is 0 Å². The highest BCUT2D eigenvalue weighted by atomic mass is 19.4. The lowest BCUT2D eigenvalue weighted by molar-refractivity contribution is -0.202. The van der Waals surface area contributed by atoms with Gasteiger partial charge < -0.3 is 19.1 Å². The number of benzene rings is 1. The van der Waals surface area contributed by atoms with Crippen LogP contribution < -0.4 is 9.47 Å². The van der Waals surface area contributed by atoms with Crippen molar-refractivity contribution in [3.8, 4) is 11.5 Å². The van der Waals surface area contributed by atoms with Crippen molar-refractivity contribution in [2.45, 2.75) is 31.1 Å². The molecule has 1 unspecified atom stereocenters. The highest BCUT2D eigenvalue weighted by Gasteiger charge is 2.56. The van der Waals surface area contributed by atoms with Gasteiger partial charge in [-0.25, -0.2) is 4.79 Å². The summed E-state index contributed by atoms with van der Waals surface area (Å²) in [5.74, 6) is -2.57. The minimum atomic E-state index is -5.17. The van der Waals surface area contributed by atoms with Gasteiger partial charge in [0.25, 0.3) is 0 Å². The molecule has 7 nitrogen and oxygen atoms in total. The van der Waals surface area contributed by atoms with Gasteiger partial charge in [-0.3, -0.25) is 9.59 Å². The van der Waals surface area contributed by atoms with Crippen LogP contribution in [-0.4, -0.2) is 47.7 Å². The molecule has 0 spiro atoms. The second kappa shape index (κ2) is 5.36. The van der Waals surface area contributed by atoms with Crippen LogP contribution in [0.2, 0.25) is 0 Å². The Morgan fingerprint density at radius 1 is 1.23 bits per heavy atom. The minimum absolute atomic E-state index is 0.0105. The zero-order chi connectivity index (χ0) is 18.7. The maximum absolute atomic E-state index is 13.1. The van der Waals surface area contributed by atoms with Crippen molar-refractivity contribution in [3.05, 3.63) is 23.3 Å². The van der Waals surface area contributed by atoms with Crippen LogP contribution in [0.5, 0.6) is 11.5 Å². The predicted octanol–water partition coefficient (Wildman–Crippen LogP) is 1.58. The molecule has 1 aromatic rings.